The second-order valence-electron chi connectivity index (χ2n) is 2.45. The van der Waals surface area contributed by atoms with E-state index in [2.05, 4.69) is 40.9 Å². The van der Waals surface area contributed by atoms with Gasteiger partial charge in [0.2, 0.25) is 0 Å². The van der Waals surface area contributed by atoms with Gasteiger partial charge >= 0.3 is 0 Å². The first kappa shape index (κ1) is 8.83. The summed E-state index contributed by atoms with van der Waals surface area (Å²) in [5.74, 6) is 3.16. The molecule has 0 saturated heterocycles. The maximum Gasteiger partial charge on any atom is 0.0701 e. The van der Waals surface area contributed by atoms with Crippen LogP contribution in [0.3, 0.4) is 0 Å². The van der Waals surface area contributed by atoms with Gasteiger partial charge in [-0.05, 0) is 28.1 Å². The van der Waals surface area contributed by atoms with Gasteiger partial charge in [-0.25, -0.2) is 0 Å². The first-order valence-corrected chi connectivity index (χ1v) is 5.03. The van der Waals surface area contributed by atoms with Gasteiger partial charge in [0, 0.05) is 17.2 Å². The van der Waals surface area contributed by atoms with Crippen LogP contribution in [0, 0.1) is 12.3 Å². The second-order valence-corrected chi connectivity index (χ2v) is 4.95. The van der Waals surface area contributed by atoms with Crippen molar-refractivity contribution in [1.29, 1.82) is 0 Å². The van der Waals surface area contributed by atoms with E-state index < -0.39 is 0 Å². The molecule has 0 aliphatic carbocycles. The van der Waals surface area contributed by atoms with Gasteiger partial charge in [0.15, 0.2) is 0 Å². The van der Waals surface area contributed by atoms with Crippen molar-refractivity contribution in [1.82, 2.24) is 0 Å². The minimum absolute atomic E-state index is 0.497. The van der Waals surface area contributed by atoms with Crippen molar-refractivity contribution in [3.8, 4) is 12.3 Å². The molecule has 1 aromatic heterocycles. The van der Waals surface area contributed by atoms with E-state index >= 15 is 0 Å². The Morgan fingerprint density at radius 3 is 2.91 bits per heavy atom. The number of halogens is 1. The lowest BCUT2D eigenvalue weighted by Crippen LogP contribution is -1.85. The molecule has 58 valence electrons. The van der Waals surface area contributed by atoms with Crippen LogP contribution in [-0.2, 0) is 0 Å². The molecule has 1 atom stereocenters. The predicted octanol–water partition coefficient (Wildman–Crippen LogP) is 3.64. The first-order chi connectivity index (χ1) is 5.24. The molecule has 0 spiro atoms. The van der Waals surface area contributed by atoms with E-state index in [0.29, 0.717) is 5.92 Å². The smallest absolute Gasteiger partial charge is 0.0701 e. The Hall–Kier alpha value is -0.260. The van der Waals surface area contributed by atoms with Gasteiger partial charge in [-0.3, -0.25) is 0 Å². The highest BCUT2D eigenvalue weighted by molar-refractivity contribution is 9.11. The fourth-order valence-electron chi connectivity index (χ4n) is 0.871. The molecule has 1 aromatic rings. The van der Waals surface area contributed by atoms with Crippen LogP contribution in [0.2, 0.25) is 0 Å². The van der Waals surface area contributed by atoms with Crippen LogP contribution < -0.4 is 0 Å². The van der Waals surface area contributed by atoms with Crippen molar-refractivity contribution in [3.05, 3.63) is 20.8 Å². The molecule has 0 fully saturated rings. The molecule has 0 amide bonds. The van der Waals surface area contributed by atoms with E-state index in [1.165, 1.54) is 8.66 Å². The van der Waals surface area contributed by atoms with Crippen molar-refractivity contribution >= 4 is 27.3 Å². The Balaban J connectivity index is 2.70. The van der Waals surface area contributed by atoms with Crippen LogP contribution in [0.25, 0.3) is 0 Å². The fraction of sp³-hybridized carbons (Fsp3) is 0.333. The van der Waals surface area contributed by atoms with Crippen LogP contribution in [0.4, 0.5) is 0 Å². The third-order valence-electron chi connectivity index (χ3n) is 1.50. The van der Waals surface area contributed by atoms with Crippen LogP contribution >= 0.6 is 27.3 Å². The molecule has 0 saturated carbocycles. The summed E-state index contributed by atoms with van der Waals surface area (Å²) in [5, 5.41) is 0. The second kappa shape index (κ2) is 3.94. The van der Waals surface area contributed by atoms with Crippen molar-refractivity contribution in [2.75, 3.05) is 0 Å². The van der Waals surface area contributed by atoms with Crippen molar-refractivity contribution in [2.24, 2.45) is 0 Å². The third kappa shape index (κ3) is 2.36. The zero-order valence-corrected chi connectivity index (χ0v) is 8.71. The number of thiophene rings is 1. The minimum atomic E-state index is 0.497. The molecule has 0 aliphatic rings. The molecule has 0 aromatic carbocycles. The zero-order valence-electron chi connectivity index (χ0n) is 6.30. The highest BCUT2D eigenvalue weighted by Gasteiger charge is 2.05. The molecule has 1 heterocycles. The molecule has 0 aliphatic heterocycles. The Kier molecular flexibility index (Phi) is 3.16. The monoisotopic (exact) mass is 228 g/mol. The molecular weight excluding hydrogens is 220 g/mol. The predicted molar refractivity (Wildman–Crippen MR) is 53.9 cm³/mol. The molecule has 0 N–H and O–H groups in total. The average Bonchev–Trinajstić information content (AvgIpc) is 2.36. The van der Waals surface area contributed by atoms with E-state index in [1.807, 2.05) is 0 Å². The fourth-order valence-corrected chi connectivity index (χ4v) is 2.35. The molecule has 2 heteroatoms. The van der Waals surface area contributed by atoms with E-state index in [4.69, 9.17) is 6.42 Å². The molecule has 0 nitrogen and oxygen atoms in total. The summed E-state index contributed by atoms with van der Waals surface area (Å²) in [7, 11) is 0. The van der Waals surface area contributed by atoms with Gasteiger partial charge < -0.3 is 0 Å². The average molecular weight is 229 g/mol. The maximum absolute atomic E-state index is 5.22. The highest BCUT2D eigenvalue weighted by Crippen LogP contribution is 2.29. The number of hydrogen-bond donors (Lipinski definition) is 0. The largest absolute Gasteiger partial charge is 0.133 e. The van der Waals surface area contributed by atoms with E-state index in [1.54, 1.807) is 11.3 Å². The summed E-state index contributed by atoms with van der Waals surface area (Å²) < 4.78 is 1.18. The Morgan fingerprint density at radius 1 is 1.73 bits per heavy atom. The van der Waals surface area contributed by atoms with Crippen molar-refractivity contribution in [2.45, 2.75) is 19.3 Å². The highest BCUT2D eigenvalue weighted by atomic mass is 79.9. The summed E-state index contributed by atoms with van der Waals surface area (Å²) in [5.41, 5.74) is 0. The van der Waals surface area contributed by atoms with Crippen molar-refractivity contribution < 1.29 is 0 Å². The maximum atomic E-state index is 5.22. The normalized spacial score (nSPS) is 12.5. The molecule has 1 unspecified atom stereocenters. The first-order valence-electron chi connectivity index (χ1n) is 3.42. The lowest BCUT2D eigenvalue weighted by atomic mass is 10.1. The van der Waals surface area contributed by atoms with Gasteiger partial charge in [0.1, 0.15) is 0 Å². The molecule has 0 radical (unpaired) electrons. The topological polar surface area (TPSA) is 0 Å². The Morgan fingerprint density at radius 2 is 2.45 bits per heavy atom. The van der Waals surface area contributed by atoms with Gasteiger partial charge in [0.05, 0.1) is 3.79 Å². The molecule has 11 heavy (non-hydrogen) atoms. The van der Waals surface area contributed by atoms with Gasteiger partial charge in [-0.15, -0.1) is 23.7 Å². The lowest BCUT2D eigenvalue weighted by Gasteiger charge is -2.01. The Labute approximate surface area is 79.8 Å². The summed E-state index contributed by atoms with van der Waals surface area (Å²) in [6, 6.07) is 4.18. The Bertz CT molecular complexity index is 269. The van der Waals surface area contributed by atoms with E-state index in [0.717, 1.165) is 6.42 Å². The third-order valence-corrected chi connectivity index (χ3v) is 3.36. The van der Waals surface area contributed by atoms with Crippen LogP contribution in [0.1, 0.15) is 24.1 Å². The summed E-state index contributed by atoms with van der Waals surface area (Å²) in [6.07, 6.45) is 6.04. The van der Waals surface area contributed by atoms with Gasteiger partial charge in [0.25, 0.3) is 0 Å². The van der Waals surface area contributed by atoms with E-state index in [9.17, 15) is 0 Å². The summed E-state index contributed by atoms with van der Waals surface area (Å²) in [4.78, 5) is 1.36. The van der Waals surface area contributed by atoms with E-state index in [-0.39, 0.29) is 0 Å². The van der Waals surface area contributed by atoms with Crippen LogP contribution in [0.15, 0.2) is 15.9 Å². The van der Waals surface area contributed by atoms with Gasteiger partial charge in [-0.2, -0.15) is 0 Å². The minimum Gasteiger partial charge on any atom is -0.133 e. The number of rotatable bonds is 2. The quantitative estimate of drug-likeness (QED) is 0.679. The summed E-state index contributed by atoms with van der Waals surface area (Å²) in [6.45, 7) is 2.15. The SMILES string of the molecule is C#CCC(C)c1ccc(Br)s1. The number of hydrogen-bond acceptors (Lipinski definition) is 1. The molecule has 1 rings (SSSR count). The van der Waals surface area contributed by atoms with Gasteiger partial charge in [-0.1, -0.05) is 6.92 Å². The van der Waals surface area contributed by atoms with Crippen molar-refractivity contribution in [3.63, 3.8) is 0 Å². The lowest BCUT2D eigenvalue weighted by molar-refractivity contribution is 0.815. The molecular formula is C9H9BrS. The van der Waals surface area contributed by atoms with Crippen LogP contribution in [0.5, 0.6) is 0 Å². The number of terminal acetylenes is 1. The van der Waals surface area contributed by atoms with Crippen LogP contribution in [-0.4, -0.2) is 0 Å². The summed E-state index contributed by atoms with van der Waals surface area (Å²) >= 11 is 5.18. The molecule has 0 bridgehead atoms. The standard InChI is InChI=1S/C9H9BrS/c1-3-4-7(2)8-5-6-9(10)11-8/h1,5-7H,4H2,2H3. The zero-order chi connectivity index (χ0) is 8.27.